The van der Waals surface area contributed by atoms with Crippen LogP contribution in [-0.2, 0) is 14.3 Å². The van der Waals surface area contributed by atoms with Gasteiger partial charge in [0, 0.05) is 24.9 Å². The van der Waals surface area contributed by atoms with Gasteiger partial charge in [-0.2, -0.15) is 0 Å². The molecule has 21 heavy (non-hydrogen) atoms. The summed E-state index contributed by atoms with van der Waals surface area (Å²) in [6.07, 6.45) is 4.99. The first-order chi connectivity index (χ1) is 10.1. The summed E-state index contributed by atoms with van der Waals surface area (Å²) < 4.78 is 10.5. The summed E-state index contributed by atoms with van der Waals surface area (Å²) in [5.41, 5.74) is 1.55. The van der Waals surface area contributed by atoms with E-state index in [4.69, 9.17) is 9.47 Å². The van der Waals surface area contributed by atoms with Gasteiger partial charge in [0.2, 0.25) is 5.91 Å². The van der Waals surface area contributed by atoms with Crippen LogP contribution in [0.2, 0.25) is 0 Å². The Balaban J connectivity index is 1.92. The minimum atomic E-state index is -0.425. The molecule has 6 nitrogen and oxygen atoms in total. The molecule has 0 spiro atoms. The summed E-state index contributed by atoms with van der Waals surface area (Å²) in [5, 5.41) is 2.77. The second-order valence-corrected chi connectivity index (χ2v) is 5.14. The van der Waals surface area contributed by atoms with Gasteiger partial charge in [-0.15, -0.1) is 0 Å². The van der Waals surface area contributed by atoms with Gasteiger partial charge in [-0.25, -0.2) is 4.79 Å². The molecule has 1 unspecified atom stereocenters. The molecule has 0 bridgehead atoms. The second-order valence-electron chi connectivity index (χ2n) is 5.14. The van der Waals surface area contributed by atoms with Crippen LogP contribution in [0.25, 0.3) is 0 Å². The van der Waals surface area contributed by atoms with Crippen LogP contribution in [0.1, 0.15) is 48.7 Å². The first kappa shape index (κ1) is 15.6. The highest BCUT2D eigenvalue weighted by Gasteiger charge is 2.20. The van der Waals surface area contributed by atoms with E-state index >= 15 is 0 Å². The minimum absolute atomic E-state index is 0.116. The minimum Gasteiger partial charge on any atom is -0.462 e. The predicted octanol–water partition coefficient (Wildman–Crippen LogP) is 2.40. The van der Waals surface area contributed by atoms with E-state index in [-0.39, 0.29) is 12.0 Å². The van der Waals surface area contributed by atoms with Crippen LogP contribution >= 0.6 is 0 Å². The van der Waals surface area contributed by atoms with Crippen molar-refractivity contribution in [3.05, 3.63) is 17.5 Å². The maximum absolute atomic E-state index is 12.0. The quantitative estimate of drug-likeness (QED) is 0.789. The van der Waals surface area contributed by atoms with Gasteiger partial charge in [0.15, 0.2) is 0 Å². The number of hydrogen-bond acceptors (Lipinski definition) is 4. The number of aromatic amines is 1. The van der Waals surface area contributed by atoms with E-state index in [0.29, 0.717) is 36.4 Å². The molecule has 0 saturated carbocycles. The van der Waals surface area contributed by atoms with Crippen molar-refractivity contribution in [2.45, 2.75) is 45.6 Å². The molecule has 1 saturated heterocycles. The maximum Gasteiger partial charge on any atom is 0.342 e. The van der Waals surface area contributed by atoms with Crippen LogP contribution in [0.4, 0.5) is 5.69 Å². The molecule has 0 aromatic carbocycles. The Morgan fingerprint density at radius 2 is 2.33 bits per heavy atom. The molecule has 1 fully saturated rings. The molecule has 2 rings (SSSR count). The zero-order valence-corrected chi connectivity index (χ0v) is 12.5. The molecule has 116 valence electrons. The standard InChI is InChI=1S/C15H22N2O4/c1-3-20-15(19)14-10(2)16-9-12(14)17-13(18)7-6-11-5-4-8-21-11/h9,11,16H,3-8H2,1-2H3,(H,17,18). The zero-order valence-electron chi connectivity index (χ0n) is 12.5. The number of aromatic nitrogens is 1. The molecule has 0 aliphatic carbocycles. The molecule has 6 heteroatoms. The van der Waals surface area contributed by atoms with Crippen molar-refractivity contribution in [2.24, 2.45) is 0 Å². The lowest BCUT2D eigenvalue weighted by atomic mass is 10.1. The molecule has 1 atom stereocenters. The van der Waals surface area contributed by atoms with Crippen molar-refractivity contribution < 1.29 is 19.1 Å². The Morgan fingerprint density at radius 3 is 3.00 bits per heavy atom. The first-order valence-corrected chi connectivity index (χ1v) is 7.38. The van der Waals surface area contributed by atoms with Crippen molar-refractivity contribution in [2.75, 3.05) is 18.5 Å². The third-order valence-corrected chi connectivity index (χ3v) is 3.55. The van der Waals surface area contributed by atoms with Crippen LogP contribution in [0, 0.1) is 6.92 Å². The molecule has 1 aliphatic heterocycles. The highest BCUT2D eigenvalue weighted by Crippen LogP contribution is 2.22. The summed E-state index contributed by atoms with van der Waals surface area (Å²) >= 11 is 0. The fourth-order valence-corrected chi connectivity index (χ4v) is 2.47. The van der Waals surface area contributed by atoms with E-state index in [2.05, 4.69) is 10.3 Å². The number of ether oxygens (including phenoxy) is 2. The van der Waals surface area contributed by atoms with Gasteiger partial charge in [0.25, 0.3) is 0 Å². The number of aryl methyl sites for hydroxylation is 1. The molecule has 1 amide bonds. The Labute approximate surface area is 124 Å². The number of carbonyl (C=O) groups excluding carboxylic acids is 2. The number of esters is 1. The number of H-pyrrole nitrogens is 1. The summed E-state index contributed by atoms with van der Waals surface area (Å²) in [7, 11) is 0. The SMILES string of the molecule is CCOC(=O)c1c(NC(=O)CCC2CCCO2)c[nH]c1C. The molecular weight excluding hydrogens is 272 g/mol. The van der Waals surface area contributed by atoms with Gasteiger partial charge in [-0.1, -0.05) is 0 Å². The van der Waals surface area contributed by atoms with Crippen LogP contribution in [0.3, 0.4) is 0 Å². The van der Waals surface area contributed by atoms with Gasteiger partial charge in [-0.05, 0) is 33.1 Å². The monoisotopic (exact) mass is 294 g/mol. The van der Waals surface area contributed by atoms with Crippen LogP contribution in [0.5, 0.6) is 0 Å². The summed E-state index contributed by atoms with van der Waals surface area (Å²) in [6.45, 7) is 4.61. The van der Waals surface area contributed by atoms with Gasteiger partial charge in [-0.3, -0.25) is 4.79 Å². The molecule has 2 N–H and O–H groups in total. The van der Waals surface area contributed by atoms with Crippen molar-refractivity contribution in [1.29, 1.82) is 0 Å². The van der Waals surface area contributed by atoms with E-state index in [9.17, 15) is 9.59 Å². The Kier molecular flexibility index (Phi) is 5.38. The molecule has 1 aromatic heterocycles. The average molecular weight is 294 g/mol. The highest BCUT2D eigenvalue weighted by atomic mass is 16.5. The molecule has 0 radical (unpaired) electrons. The first-order valence-electron chi connectivity index (χ1n) is 7.38. The fourth-order valence-electron chi connectivity index (χ4n) is 2.47. The van der Waals surface area contributed by atoms with Crippen LogP contribution in [-0.4, -0.2) is 36.2 Å². The van der Waals surface area contributed by atoms with E-state index in [1.165, 1.54) is 0 Å². The largest absolute Gasteiger partial charge is 0.462 e. The average Bonchev–Trinajstić information content (AvgIpc) is 3.07. The van der Waals surface area contributed by atoms with E-state index in [0.717, 1.165) is 19.4 Å². The van der Waals surface area contributed by atoms with Gasteiger partial charge in [0.1, 0.15) is 5.56 Å². The van der Waals surface area contributed by atoms with Crippen molar-refractivity contribution >= 4 is 17.6 Å². The Bertz CT molecular complexity index is 504. The molecule has 1 aliphatic rings. The lowest BCUT2D eigenvalue weighted by Gasteiger charge is -2.10. The highest BCUT2D eigenvalue weighted by molar-refractivity contribution is 6.02. The summed E-state index contributed by atoms with van der Waals surface area (Å²) in [6, 6.07) is 0. The third kappa shape index (κ3) is 4.07. The normalized spacial score (nSPS) is 17.7. The lowest BCUT2D eigenvalue weighted by Crippen LogP contribution is -2.17. The van der Waals surface area contributed by atoms with E-state index in [1.54, 1.807) is 20.0 Å². The van der Waals surface area contributed by atoms with Gasteiger partial charge >= 0.3 is 5.97 Å². The van der Waals surface area contributed by atoms with E-state index in [1.807, 2.05) is 0 Å². The second kappa shape index (κ2) is 7.26. The molecule has 2 heterocycles. The van der Waals surface area contributed by atoms with Gasteiger partial charge in [0.05, 0.1) is 18.4 Å². The number of hydrogen-bond donors (Lipinski definition) is 2. The number of rotatable bonds is 6. The van der Waals surface area contributed by atoms with Crippen molar-refractivity contribution in [1.82, 2.24) is 4.98 Å². The zero-order chi connectivity index (χ0) is 15.2. The maximum atomic E-state index is 12.0. The lowest BCUT2D eigenvalue weighted by molar-refractivity contribution is -0.116. The Morgan fingerprint density at radius 1 is 1.52 bits per heavy atom. The smallest absolute Gasteiger partial charge is 0.342 e. The predicted molar refractivity (Wildman–Crippen MR) is 78.3 cm³/mol. The van der Waals surface area contributed by atoms with E-state index < -0.39 is 5.97 Å². The number of amides is 1. The van der Waals surface area contributed by atoms with Crippen LogP contribution < -0.4 is 5.32 Å². The topological polar surface area (TPSA) is 80.4 Å². The Hall–Kier alpha value is -1.82. The summed E-state index contributed by atoms with van der Waals surface area (Å²) in [4.78, 5) is 26.8. The number of anilines is 1. The summed E-state index contributed by atoms with van der Waals surface area (Å²) in [5.74, 6) is -0.541. The molecular formula is C15H22N2O4. The number of nitrogens with one attached hydrogen (secondary N) is 2. The van der Waals surface area contributed by atoms with Crippen molar-refractivity contribution in [3.63, 3.8) is 0 Å². The number of carbonyl (C=O) groups is 2. The van der Waals surface area contributed by atoms with Gasteiger partial charge < -0.3 is 19.8 Å². The van der Waals surface area contributed by atoms with Crippen LogP contribution in [0.15, 0.2) is 6.20 Å². The van der Waals surface area contributed by atoms with Crippen molar-refractivity contribution in [3.8, 4) is 0 Å². The fraction of sp³-hybridized carbons (Fsp3) is 0.600. The third-order valence-electron chi connectivity index (χ3n) is 3.55. The molecule has 1 aromatic rings.